The summed E-state index contributed by atoms with van der Waals surface area (Å²) in [5.41, 5.74) is 2.29. The minimum atomic E-state index is -1.47. The highest BCUT2D eigenvalue weighted by Gasteiger charge is 2.49. The summed E-state index contributed by atoms with van der Waals surface area (Å²) in [7, 11) is 1.67. The van der Waals surface area contributed by atoms with Crippen LogP contribution in [0.1, 0.15) is 57.1 Å². The van der Waals surface area contributed by atoms with Crippen molar-refractivity contribution in [2.45, 2.75) is 58.5 Å². The standard InChI is InChI=1S/C23H31NO3/c1-16(2)6-5-13-24-21-12-7-17(3)14-20(21)23(26,22(24)25)15-18-8-10-19(27-4)11-9-18/h7-8,10,12,14,16,26H,5-6,9,11,13,15H2,1-4H3. The molecule has 1 amide bonds. The van der Waals surface area contributed by atoms with Crippen molar-refractivity contribution in [3.8, 4) is 0 Å². The van der Waals surface area contributed by atoms with Crippen LogP contribution in [0.4, 0.5) is 5.69 Å². The third-order valence-electron chi connectivity index (χ3n) is 5.59. The second kappa shape index (κ2) is 7.89. The van der Waals surface area contributed by atoms with Gasteiger partial charge in [-0.1, -0.05) is 43.2 Å². The Kier molecular flexibility index (Phi) is 5.75. The SMILES string of the molecule is COC1=CC=C(CC2(O)C(=O)N(CCCC(C)C)c3ccc(C)cc32)CC1. The quantitative estimate of drug-likeness (QED) is 0.764. The van der Waals surface area contributed by atoms with Gasteiger partial charge in [-0.2, -0.15) is 0 Å². The molecule has 1 unspecified atom stereocenters. The molecule has 0 spiro atoms. The van der Waals surface area contributed by atoms with Crippen LogP contribution in [-0.2, 0) is 15.1 Å². The molecule has 0 radical (unpaired) electrons. The van der Waals surface area contributed by atoms with Crippen LogP contribution in [0.25, 0.3) is 0 Å². The van der Waals surface area contributed by atoms with E-state index in [0.29, 0.717) is 18.9 Å². The average Bonchev–Trinajstić information content (AvgIpc) is 2.84. The second-order valence-corrected chi connectivity index (χ2v) is 8.21. The van der Waals surface area contributed by atoms with E-state index in [4.69, 9.17) is 4.74 Å². The van der Waals surface area contributed by atoms with Gasteiger partial charge in [-0.25, -0.2) is 0 Å². The van der Waals surface area contributed by atoms with Crippen LogP contribution in [0, 0.1) is 12.8 Å². The van der Waals surface area contributed by atoms with E-state index in [2.05, 4.69) is 13.8 Å². The van der Waals surface area contributed by atoms with E-state index in [1.165, 1.54) is 0 Å². The number of allylic oxidation sites excluding steroid dienone is 3. The number of ether oxygens (including phenoxy) is 1. The highest BCUT2D eigenvalue weighted by atomic mass is 16.5. The summed E-state index contributed by atoms with van der Waals surface area (Å²) in [5.74, 6) is 1.36. The summed E-state index contributed by atoms with van der Waals surface area (Å²) in [6.45, 7) is 7.04. The molecule has 1 aromatic rings. The molecule has 0 saturated heterocycles. The van der Waals surface area contributed by atoms with Crippen LogP contribution in [0.15, 0.2) is 41.7 Å². The van der Waals surface area contributed by atoms with Crippen LogP contribution >= 0.6 is 0 Å². The van der Waals surface area contributed by atoms with Crippen molar-refractivity contribution >= 4 is 11.6 Å². The van der Waals surface area contributed by atoms with E-state index in [1.54, 1.807) is 12.0 Å². The van der Waals surface area contributed by atoms with Crippen molar-refractivity contribution in [3.63, 3.8) is 0 Å². The number of fused-ring (bicyclic) bond motifs is 1. The zero-order valence-electron chi connectivity index (χ0n) is 16.9. The topological polar surface area (TPSA) is 49.8 Å². The van der Waals surface area contributed by atoms with Crippen molar-refractivity contribution in [2.24, 2.45) is 5.92 Å². The Morgan fingerprint density at radius 1 is 1.26 bits per heavy atom. The molecule has 146 valence electrons. The van der Waals surface area contributed by atoms with Gasteiger partial charge in [-0.15, -0.1) is 0 Å². The Hall–Kier alpha value is -2.07. The third kappa shape index (κ3) is 3.96. The lowest BCUT2D eigenvalue weighted by molar-refractivity contribution is -0.136. The first kappa shape index (κ1) is 19.7. The first-order valence-corrected chi connectivity index (χ1v) is 9.93. The van der Waals surface area contributed by atoms with Crippen molar-refractivity contribution < 1.29 is 14.6 Å². The molecule has 27 heavy (non-hydrogen) atoms. The van der Waals surface area contributed by atoms with Crippen LogP contribution < -0.4 is 4.90 Å². The van der Waals surface area contributed by atoms with E-state index >= 15 is 0 Å². The zero-order valence-corrected chi connectivity index (χ0v) is 16.9. The second-order valence-electron chi connectivity index (χ2n) is 8.21. The Balaban J connectivity index is 1.88. The fraction of sp³-hybridized carbons (Fsp3) is 0.522. The van der Waals surface area contributed by atoms with Gasteiger partial charge in [0.05, 0.1) is 18.6 Å². The Morgan fingerprint density at radius 2 is 2.04 bits per heavy atom. The molecule has 1 heterocycles. The molecule has 2 aliphatic rings. The number of carbonyl (C=O) groups excluding carboxylic acids is 1. The molecule has 3 rings (SSSR count). The van der Waals surface area contributed by atoms with Crippen molar-refractivity contribution in [2.75, 3.05) is 18.6 Å². The maximum Gasteiger partial charge on any atom is 0.264 e. The molecule has 0 fully saturated rings. The maximum absolute atomic E-state index is 13.3. The molecule has 4 heteroatoms. The lowest BCUT2D eigenvalue weighted by atomic mass is 9.85. The summed E-state index contributed by atoms with van der Waals surface area (Å²) in [5, 5.41) is 11.5. The van der Waals surface area contributed by atoms with E-state index in [1.807, 2.05) is 37.3 Å². The Bertz CT molecular complexity index is 778. The first-order valence-electron chi connectivity index (χ1n) is 9.93. The van der Waals surface area contributed by atoms with Crippen molar-refractivity contribution in [3.05, 3.63) is 52.8 Å². The normalized spacial score (nSPS) is 22.0. The third-order valence-corrected chi connectivity index (χ3v) is 5.59. The predicted octanol–water partition coefficient (Wildman–Crippen LogP) is 4.61. The summed E-state index contributed by atoms with van der Waals surface area (Å²) >= 11 is 0. The number of nitrogens with zero attached hydrogens (tertiary/aromatic N) is 1. The number of aliphatic hydroxyl groups is 1. The lowest BCUT2D eigenvalue weighted by Gasteiger charge is -2.26. The monoisotopic (exact) mass is 369 g/mol. The van der Waals surface area contributed by atoms with Gasteiger partial charge >= 0.3 is 0 Å². The molecule has 0 saturated carbocycles. The van der Waals surface area contributed by atoms with Crippen molar-refractivity contribution in [1.29, 1.82) is 0 Å². The first-order chi connectivity index (χ1) is 12.8. The van der Waals surface area contributed by atoms with Gasteiger partial charge in [0.1, 0.15) is 0 Å². The van der Waals surface area contributed by atoms with Crippen LogP contribution in [-0.4, -0.2) is 24.7 Å². The maximum atomic E-state index is 13.3. The van der Waals surface area contributed by atoms with E-state index < -0.39 is 5.60 Å². The molecule has 0 bridgehead atoms. The number of carbonyl (C=O) groups is 1. The minimum Gasteiger partial charge on any atom is -0.501 e. The molecule has 1 aliphatic heterocycles. The van der Waals surface area contributed by atoms with Crippen molar-refractivity contribution in [1.82, 2.24) is 0 Å². The smallest absolute Gasteiger partial charge is 0.264 e. The number of methoxy groups -OCH3 is 1. The van der Waals surface area contributed by atoms with Gasteiger partial charge in [0.2, 0.25) is 0 Å². The highest BCUT2D eigenvalue weighted by molar-refractivity contribution is 6.07. The van der Waals surface area contributed by atoms with Crippen LogP contribution in [0.5, 0.6) is 0 Å². The van der Waals surface area contributed by atoms with Gasteiger partial charge in [0.15, 0.2) is 5.60 Å². The molecular weight excluding hydrogens is 338 g/mol. The number of rotatable bonds is 7. The molecule has 1 aromatic carbocycles. The summed E-state index contributed by atoms with van der Waals surface area (Å²) in [6.07, 6.45) is 7.91. The van der Waals surface area contributed by atoms with Crippen LogP contribution in [0.3, 0.4) is 0 Å². The Morgan fingerprint density at radius 3 is 2.67 bits per heavy atom. The number of aryl methyl sites for hydroxylation is 1. The average molecular weight is 370 g/mol. The number of hydrogen-bond donors (Lipinski definition) is 1. The predicted molar refractivity (Wildman–Crippen MR) is 109 cm³/mol. The van der Waals surface area contributed by atoms with E-state index in [-0.39, 0.29) is 5.91 Å². The number of anilines is 1. The lowest BCUT2D eigenvalue weighted by Crippen LogP contribution is -2.41. The fourth-order valence-electron chi connectivity index (χ4n) is 4.02. The molecule has 4 nitrogen and oxygen atoms in total. The largest absolute Gasteiger partial charge is 0.501 e. The van der Waals surface area contributed by atoms with E-state index in [0.717, 1.165) is 53.8 Å². The highest BCUT2D eigenvalue weighted by Crippen LogP contribution is 2.45. The molecule has 1 N–H and O–H groups in total. The van der Waals surface area contributed by atoms with E-state index in [9.17, 15) is 9.90 Å². The molecular formula is C23H31NO3. The summed E-state index contributed by atoms with van der Waals surface area (Å²) < 4.78 is 5.29. The van der Waals surface area contributed by atoms with Crippen LogP contribution in [0.2, 0.25) is 0 Å². The fourth-order valence-corrected chi connectivity index (χ4v) is 4.02. The Labute approximate surface area is 162 Å². The molecule has 1 atom stereocenters. The number of amides is 1. The van der Waals surface area contributed by atoms with Gasteiger partial charge in [0.25, 0.3) is 5.91 Å². The number of benzene rings is 1. The van der Waals surface area contributed by atoms with Gasteiger partial charge in [-0.3, -0.25) is 4.79 Å². The number of hydrogen-bond acceptors (Lipinski definition) is 3. The van der Waals surface area contributed by atoms with Gasteiger partial charge in [0, 0.05) is 24.9 Å². The summed E-state index contributed by atoms with van der Waals surface area (Å²) in [6, 6.07) is 5.96. The van der Waals surface area contributed by atoms with Gasteiger partial charge < -0.3 is 14.7 Å². The summed E-state index contributed by atoms with van der Waals surface area (Å²) in [4.78, 5) is 15.1. The van der Waals surface area contributed by atoms with Gasteiger partial charge in [-0.05, 0) is 44.2 Å². The molecule has 0 aromatic heterocycles. The zero-order chi connectivity index (χ0) is 19.6. The molecule has 1 aliphatic carbocycles. The minimum absolute atomic E-state index is 0.186.